The van der Waals surface area contributed by atoms with Crippen molar-refractivity contribution >= 4 is 23.8 Å². The van der Waals surface area contributed by atoms with Crippen molar-refractivity contribution in [3.63, 3.8) is 0 Å². The molecule has 2 N–H and O–H groups in total. The van der Waals surface area contributed by atoms with Crippen LogP contribution < -0.4 is 0 Å². The Hall–Kier alpha value is 0.590. The number of hydrogen-bond donors (Lipinski definition) is 2. The first-order chi connectivity index (χ1) is 15.6. The maximum absolute atomic E-state index is 10.5. The molecule has 0 aromatic heterocycles. The highest BCUT2D eigenvalue weighted by Crippen LogP contribution is 2.35. The van der Waals surface area contributed by atoms with Crippen LogP contribution in [0.15, 0.2) is 0 Å². The highest BCUT2D eigenvalue weighted by atomic mass is 79.9. The first-order valence-electron chi connectivity index (χ1n) is 13.8. The van der Waals surface area contributed by atoms with Crippen molar-refractivity contribution in [2.75, 3.05) is 11.9 Å². The quantitative estimate of drug-likeness (QED) is 0.0617. The standard InChI is InChI=1S/C26H54BrO4P/c27-25-23-21-19-17-15-13-11-9-7-5-3-1-2-4-6-8-10-12-14-16-18-20-22-24-26-31-32(28,29)30/h1-26H2,(H2,28,29,30). The van der Waals surface area contributed by atoms with E-state index in [0.29, 0.717) is 0 Å². The normalized spacial score (nSPS) is 12.0. The van der Waals surface area contributed by atoms with E-state index in [-0.39, 0.29) is 6.61 Å². The Morgan fingerprint density at radius 3 is 0.875 bits per heavy atom. The topological polar surface area (TPSA) is 66.8 Å². The lowest BCUT2D eigenvalue weighted by Gasteiger charge is -2.05. The first-order valence-corrected chi connectivity index (χ1v) is 16.5. The zero-order valence-corrected chi connectivity index (χ0v) is 23.4. The molecule has 0 saturated heterocycles. The van der Waals surface area contributed by atoms with E-state index in [1.54, 1.807) is 0 Å². The van der Waals surface area contributed by atoms with E-state index in [0.717, 1.165) is 19.3 Å². The van der Waals surface area contributed by atoms with Gasteiger partial charge in [-0.1, -0.05) is 157 Å². The number of alkyl halides is 1. The van der Waals surface area contributed by atoms with Gasteiger partial charge in [-0.05, 0) is 12.8 Å². The van der Waals surface area contributed by atoms with Gasteiger partial charge in [-0.2, -0.15) is 0 Å². The predicted octanol–water partition coefficient (Wildman–Crippen LogP) is 9.85. The molecule has 0 aliphatic heterocycles. The Morgan fingerprint density at radius 1 is 0.438 bits per heavy atom. The molecule has 0 aliphatic rings. The van der Waals surface area contributed by atoms with Gasteiger partial charge in [0.2, 0.25) is 0 Å². The molecule has 0 aromatic carbocycles. The lowest BCUT2D eigenvalue weighted by atomic mass is 10.0. The molecule has 0 spiro atoms. The van der Waals surface area contributed by atoms with Gasteiger partial charge in [0.05, 0.1) is 6.61 Å². The summed E-state index contributed by atoms with van der Waals surface area (Å²) >= 11 is 3.50. The molecule has 0 saturated carbocycles. The largest absolute Gasteiger partial charge is 0.469 e. The van der Waals surface area contributed by atoms with Crippen LogP contribution in [0.1, 0.15) is 154 Å². The minimum Gasteiger partial charge on any atom is -0.303 e. The van der Waals surface area contributed by atoms with Crippen molar-refractivity contribution < 1.29 is 18.9 Å². The van der Waals surface area contributed by atoms with Gasteiger partial charge >= 0.3 is 7.82 Å². The van der Waals surface area contributed by atoms with Gasteiger partial charge < -0.3 is 9.79 Å². The summed E-state index contributed by atoms with van der Waals surface area (Å²) in [5.41, 5.74) is 0. The molecule has 0 atom stereocenters. The van der Waals surface area contributed by atoms with Gasteiger partial charge in [0.25, 0.3) is 0 Å². The molecule has 194 valence electrons. The molecule has 0 heterocycles. The van der Waals surface area contributed by atoms with Crippen molar-refractivity contribution in [2.45, 2.75) is 154 Å². The fraction of sp³-hybridized carbons (Fsp3) is 1.00. The zero-order chi connectivity index (χ0) is 23.6. The number of hydrogen-bond acceptors (Lipinski definition) is 2. The van der Waals surface area contributed by atoms with E-state index in [9.17, 15) is 4.57 Å². The highest BCUT2D eigenvalue weighted by Gasteiger charge is 2.12. The highest BCUT2D eigenvalue weighted by molar-refractivity contribution is 9.09. The van der Waals surface area contributed by atoms with Crippen LogP contribution in [0.5, 0.6) is 0 Å². The minimum atomic E-state index is -4.27. The van der Waals surface area contributed by atoms with Crippen molar-refractivity contribution in [1.82, 2.24) is 0 Å². The molecule has 6 heteroatoms. The smallest absolute Gasteiger partial charge is 0.303 e. The first kappa shape index (κ1) is 32.6. The van der Waals surface area contributed by atoms with Crippen LogP contribution in [0.3, 0.4) is 0 Å². The Kier molecular flexibility index (Phi) is 26.7. The van der Waals surface area contributed by atoms with Crippen molar-refractivity contribution in [2.24, 2.45) is 0 Å². The van der Waals surface area contributed by atoms with Gasteiger partial charge in [0.15, 0.2) is 0 Å². The Balaban J connectivity index is 3.03. The second-order valence-electron chi connectivity index (χ2n) is 9.50. The maximum atomic E-state index is 10.5. The van der Waals surface area contributed by atoms with Crippen LogP contribution >= 0.6 is 23.8 Å². The van der Waals surface area contributed by atoms with E-state index in [2.05, 4.69) is 20.5 Å². The second-order valence-corrected chi connectivity index (χ2v) is 11.5. The summed E-state index contributed by atoms with van der Waals surface area (Å²) in [5.74, 6) is 0. The molecule has 0 aliphatic carbocycles. The Bertz CT molecular complexity index is 403. The zero-order valence-electron chi connectivity index (χ0n) is 20.9. The molecule has 0 bridgehead atoms. The molecule has 0 radical (unpaired) electrons. The fourth-order valence-corrected chi connectivity index (χ4v) is 5.03. The van der Waals surface area contributed by atoms with Gasteiger partial charge in [-0.25, -0.2) is 4.57 Å². The number of unbranched alkanes of at least 4 members (excludes halogenated alkanes) is 23. The van der Waals surface area contributed by atoms with Crippen LogP contribution in [0, 0.1) is 0 Å². The number of rotatable bonds is 27. The number of phosphoric ester groups is 1. The SMILES string of the molecule is O=P(O)(O)OCCCCCCCCCCCCCCCCCCCCCCCCCCBr. The predicted molar refractivity (Wildman–Crippen MR) is 143 cm³/mol. The van der Waals surface area contributed by atoms with E-state index in [1.165, 1.54) is 140 Å². The summed E-state index contributed by atoms with van der Waals surface area (Å²) in [5, 5.41) is 1.17. The molecule has 0 fully saturated rings. The molecular weight excluding hydrogens is 487 g/mol. The molecule has 0 amide bonds. The Labute approximate surface area is 208 Å². The molecule has 0 rings (SSSR count). The average Bonchev–Trinajstić information content (AvgIpc) is 2.75. The van der Waals surface area contributed by atoms with Gasteiger partial charge in [-0.15, -0.1) is 0 Å². The third kappa shape index (κ3) is 30.6. The van der Waals surface area contributed by atoms with Crippen LogP contribution in [-0.2, 0) is 9.09 Å². The second kappa shape index (κ2) is 26.2. The number of phosphoric acid groups is 1. The molecule has 4 nitrogen and oxygen atoms in total. The van der Waals surface area contributed by atoms with Crippen molar-refractivity contribution in [3.8, 4) is 0 Å². The van der Waals surface area contributed by atoms with Gasteiger partial charge in [0, 0.05) is 5.33 Å². The van der Waals surface area contributed by atoms with E-state index in [1.807, 2.05) is 0 Å². The lowest BCUT2D eigenvalue weighted by Crippen LogP contribution is -1.92. The number of halogens is 1. The van der Waals surface area contributed by atoms with Crippen LogP contribution in [0.25, 0.3) is 0 Å². The molecular formula is C26H54BrO4P. The summed E-state index contributed by atoms with van der Waals surface area (Å²) in [6, 6.07) is 0. The Morgan fingerprint density at radius 2 is 0.656 bits per heavy atom. The summed E-state index contributed by atoms with van der Waals surface area (Å²) in [4.78, 5) is 17.2. The summed E-state index contributed by atoms with van der Waals surface area (Å²) in [7, 11) is -4.27. The lowest BCUT2D eigenvalue weighted by molar-refractivity contribution is 0.193. The molecule has 32 heavy (non-hydrogen) atoms. The van der Waals surface area contributed by atoms with E-state index >= 15 is 0 Å². The van der Waals surface area contributed by atoms with Crippen LogP contribution in [0.2, 0.25) is 0 Å². The van der Waals surface area contributed by atoms with Crippen molar-refractivity contribution in [3.05, 3.63) is 0 Å². The van der Waals surface area contributed by atoms with E-state index < -0.39 is 7.82 Å². The third-order valence-corrected chi connectivity index (χ3v) is 7.37. The van der Waals surface area contributed by atoms with Gasteiger partial charge in [0.1, 0.15) is 0 Å². The summed E-state index contributed by atoms with van der Waals surface area (Å²) in [6.45, 7) is 0.169. The molecule has 0 aromatic rings. The monoisotopic (exact) mass is 540 g/mol. The summed E-state index contributed by atoms with van der Waals surface area (Å²) < 4.78 is 15.0. The summed E-state index contributed by atoms with van der Waals surface area (Å²) in [6.07, 6.45) is 32.3. The average molecular weight is 542 g/mol. The minimum absolute atomic E-state index is 0.169. The van der Waals surface area contributed by atoms with Gasteiger partial charge in [-0.3, -0.25) is 4.52 Å². The third-order valence-electron chi connectivity index (χ3n) is 6.29. The maximum Gasteiger partial charge on any atom is 0.469 e. The van der Waals surface area contributed by atoms with E-state index in [4.69, 9.17) is 9.79 Å². The fourth-order valence-electron chi connectivity index (χ4n) is 4.27. The molecule has 0 unspecified atom stereocenters. The van der Waals surface area contributed by atoms with Crippen LogP contribution in [-0.4, -0.2) is 21.7 Å². The van der Waals surface area contributed by atoms with Crippen molar-refractivity contribution in [1.29, 1.82) is 0 Å². The van der Waals surface area contributed by atoms with Crippen LogP contribution in [0.4, 0.5) is 0 Å².